The van der Waals surface area contributed by atoms with Gasteiger partial charge < -0.3 is 10.6 Å². The summed E-state index contributed by atoms with van der Waals surface area (Å²) in [6.45, 7) is 6.30. The van der Waals surface area contributed by atoms with Crippen LogP contribution in [0.5, 0.6) is 0 Å². The predicted octanol–water partition coefficient (Wildman–Crippen LogP) is 1.60. The number of aromatic nitrogens is 2. The van der Waals surface area contributed by atoms with E-state index in [4.69, 9.17) is 5.73 Å². The average Bonchev–Trinajstić information content (AvgIpc) is 2.31. The van der Waals surface area contributed by atoms with Gasteiger partial charge in [-0.1, -0.05) is 6.92 Å². The minimum atomic E-state index is 0.541. The fourth-order valence-corrected chi connectivity index (χ4v) is 2.50. The van der Waals surface area contributed by atoms with Crippen LogP contribution in [0.15, 0.2) is 12.4 Å². The van der Waals surface area contributed by atoms with Gasteiger partial charge in [-0.15, -0.1) is 0 Å². The minimum Gasteiger partial charge on any atom is -0.338 e. The first-order chi connectivity index (χ1) is 8.20. The highest BCUT2D eigenvalue weighted by molar-refractivity contribution is 5.32. The van der Waals surface area contributed by atoms with E-state index in [0.717, 1.165) is 30.4 Å². The first-order valence-corrected chi connectivity index (χ1v) is 6.48. The predicted molar refractivity (Wildman–Crippen MR) is 70.0 cm³/mol. The van der Waals surface area contributed by atoms with Crippen LogP contribution >= 0.6 is 0 Å². The SMILES string of the molecule is CC1CCN(c2ncc(CCN)cn2)C(C)C1. The Bertz CT molecular complexity index is 349. The van der Waals surface area contributed by atoms with E-state index in [1.54, 1.807) is 0 Å². The van der Waals surface area contributed by atoms with Gasteiger partial charge in [0.2, 0.25) is 5.95 Å². The molecular weight excluding hydrogens is 212 g/mol. The van der Waals surface area contributed by atoms with E-state index in [1.807, 2.05) is 12.4 Å². The highest BCUT2D eigenvalue weighted by Gasteiger charge is 2.24. The third-order valence-corrected chi connectivity index (χ3v) is 3.52. The summed E-state index contributed by atoms with van der Waals surface area (Å²) in [7, 11) is 0. The Kier molecular flexibility index (Phi) is 3.94. The van der Waals surface area contributed by atoms with Crippen LogP contribution in [0.3, 0.4) is 0 Å². The lowest BCUT2D eigenvalue weighted by Crippen LogP contribution is -2.41. The summed E-state index contributed by atoms with van der Waals surface area (Å²) in [5.74, 6) is 1.68. The number of piperidine rings is 1. The van der Waals surface area contributed by atoms with E-state index in [0.29, 0.717) is 12.6 Å². The lowest BCUT2D eigenvalue weighted by Gasteiger charge is -2.36. The minimum absolute atomic E-state index is 0.541. The molecular formula is C13H22N4. The number of nitrogens with zero attached hydrogens (tertiary/aromatic N) is 3. The molecule has 1 aliphatic heterocycles. The van der Waals surface area contributed by atoms with Crippen molar-refractivity contribution in [3.8, 4) is 0 Å². The van der Waals surface area contributed by atoms with Crippen LogP contribution in [0.4, 0.5) is 5.95 Å². The maximum Gasteiger partial charge on any atom is 0.225 e. The molecule has 1 saturated heterocycles. The highest BCUT2D eigenvalue weighted by atomic mass is 15.3. The molecule has 2 heterocycles. The van der Waals surface area contributed by atoms with Gasteiger partial charge in [0.1, 0.15) is 0 Å². The van der Waals surface area contributed by atoms with E-state index in [2.05, 4.69) is 28.7 Å². The van der Waals surface area contributed by atoms with E-state index in [-0.39, 0.29) is 0 Å². The maximum atomic E-state index is 5.51. The van der Waals surface area contributed by atoms with Gasteiger partial charge in [0, 0.05) is 25.0 Å². The molecule has 1 aromatic heterocycles. The van der Waals surface area contributed by atoms with Gasteiger partial charge >= 0.3 is 0 Å². The van der Waals surface area contributed by atoms with Crippen molar-refractivity contribution >= 4 is 5.95 Å². The smallest absolute Gasteiger partial charge is 0.225 e. The molecule has 0 spiro atoms. The summed E-state index contributed by atoms with van der Waals surface area (Å²) in [6.07, 6.45) is 7.12. The Balaban J connectivity index is 2.06. The third kappa shape index (κ3) is 2.94. The molecule has 0 saturated carbocycles. The Labute approximate surface area is 103 Å². The third-order valence-electron chi connectivity index (χ3n) is 3.52. The van der Waals surface area contributed by atoms with Crippen molar-refractivity contribution in [1.29, 1.82) is 0 Å². The van der Waals surface area contributed by atoms with Crippen molar-refractivity contribution in [3.63, 3.8) is 0 Å². The van der Waals surface area contributed by atoms with Crippen molar-refractivity contribution in [2.75, 3.05) is 18.0 Å². The monoisotopic (exact) mass is 234 g/mol. The molecule has 0 bridgehead atoms. The van der Waals surface area contributed by atoms with Crippen LogP contribution in [0.25, 0.3) is 0 Å². The maximum absolute atomic E-state index is 5.51. The first-order valence-electron chi connectivity index (χ1n) is 6.48. The second kappa shape index (κ2) is 5.45. The quantitative estimate of drug-likeness (QED) is 0.863. The zero-order valence-corrected chi connectivity index (χ0v) is 10.8. The molecule has 2 unspecified atom stereocenters. The summed E-state index contributed by atoms with van der Waals surface area (Å²) < 4.78 is 0. The molecule has 2 atom stereocenters. The van der Waals surface area contributed by atoms with Crippen LogP contribution in [-0.2, 0) is 6.42 Å². The van der Waals surface area contributed by atoms with Crippen molar-refractivity contribution in [3.05, 3.63) is 18.0 Å². The molecule has 0 aliphatic carbocycles. The van der Waals surface area contributed by atoms with Crippen molar-refractivity contribution < 1.29 is 0 Å². The first kappa shape index (κ1) is 12.3. The lowest BCUT2D eigenvalue weighted by molar-refractivity contribution is 0.374. The molecule has 1 fully saturated rings. The summed E-state index contributed by atoms with van der Waals surface area (Å²) in [4.78, 5) is 11.2. The number of anilines is 1. The second-order valence-corrected chi connectivity index (χ2v) is 5.10. The van der Waals surface area contributed by atoms with Crippen LogP contribution in [0.2, 0.25) is 0 Å². The van der Waals surface area contributed by atoms with Crippen LogP contribution in [-0.4, -0.2) is 29.1 Å². The summed E-state index contributed by atoms with van der Waals surface area (Å²) in [5.41, 5.74) is 6.63. The van der Waals surface area contributed by atoms with Gasteiger partial charge in [-0.2, -0.15) is 0 Å². The normalized spacial score (nSPS) is 25.0. The molecule has 17 heavy (non-hydrogen) atoms. The molecule has 1 aliphatic rings. The standard InChI is InChI=1S/C13H22N4/c1-10-4-6-17(11(2)7-10)13-15-8-12(3-5-14)9-16-13/h8-11H,3-7,14H2,1-2H3. The van der Waals surface area contributed by atoms with Gasteiger partial charge in [0.25, 0.3) is 0 Å². The molecule has 4 heteroatoms. The molecule has 0 amide bonds. The lowest BCUT2D eigenvalue weighted by atomic mass is 9.94. The van der Waals surface area contributed by atoms with Crippen LogP contribution in [0.1, 0.15) is 32.3 Å². The van der Waals surface area contributed by atoms with E-state index in [9.17, 15) is 0 Å². The topological polar surface area (TPSA) is 55.0 Å². The highest BCUT2D eigenvalue weighted by Crippen LogP contribution is 2.25. The molecule has 94 valence electrons. The summed E-state index contributed by atoms with van der Waals surface area (Å²) >= 11 is 0. The molecule has 1 aromatic rings. The zero-order valence-electron chi connectivity index (χ0n) is 10.8. The van der Waals surface area contributed by atoms with Gasteiger partial charge in [-0.3, -0.25) is 0 Å². The van der Waals surface area contributed by atoms with E-state index >= 15 is 0 Å². The molecule has 0 aromatic carbocycles. The fraction of sp³-hybridized carbons (Fsp3) is 0.692. The number of hydrogen-bond donors (Lipinski definition) is 1. The number of rotatable bonds is 3. The largest absolute Gasteiger partial charge is 0.338 e. The van der Waals surface area contributed by atoms with Crippen molar-refractivity contribution in [1.82, 2.24) is 9.97 Å². The van der Waals surface area contributed by atoms with Gasteiger partial charge in [0.15, 0.2) is 0 Å². The van der Waals surface area contributed by atoms with Gasteiger partial charge in [-0.05, 0) is 44.2 Å². The molecule has 0 radical (unpaired) electrons. The Hall–Kier alpha value is -1.16. The van der Waals surface area contributed by atoms with Crippen LogP contribution < -0.4 is 10.6 Å². The number of hydrogen-bond acceptors (Lipinski definition) is 4. The molecule has 2 rings (SSSR count). The Morgan fingerprint density at radius 2 is 2.06 bits per heavy atom. The molecule has 2 N–H and O–H groups in total. The second-order valence-electron chi connectivity index (χ2n) is 5.10. The number of nitrogens with two attached hydrogens (primary N) is 1. The van der Waals surface area contributed by atoms with Crippen LogP contribution in [0, 0.1) is 5.92 Å². The van der Waals surface area contributed by atoms with Crippen molar-refractivity contribution in [2.45, 2.75) is 39.2 Å². The Morgan fingerprint density at radius 3 is 2.65 bits per heavy atom. The summed E-state index contributed by atoms with van der Waals surface area (Å²) in [5, 5.41) is 0. The fourth-order valence-electron chi connectivity index (χ4n) is 2.50. The van der Waals surface area contributed by atoms with Crippen molar-refractivity contribution in [2.24, 2.45) is 11.7 Å². The van der Waals surface area contributed by atoms with E-state index < -0.39 is 0 Å². The van der Waals surface area contributed by atoms with Gasteiger partial charge in [-0.25, -0.2) is 9.97 Å². The van der Waals surface area contributed by atoms with Gasteiger partial charge in [0.05, 0.1) is 0 Å². The average molecular weight is 234 g/mol. The Morgan fingerprint density at radius 1 is 1.35 bits per heavy atom. The summed E-state index contributed by atoms with van der Waals surface area (Å²) in [6, 6.07) is 0.541. The molecule has 4 nitrogen and oxygen atoms in total. The van der Waals surface area contributed by atoms with E-state index in [1.165, 1.54) is 12.8 Å². The zero-order chi connectivity index (χ0) is 12.3.